The number of hydrogen-bond donors (Lipinski definition) is 2. The first kappa shape index (κ1) is 14.4. The highest BCUT2D eigenvalue weighted by atomic mass is 79.9. The highest BCUT2D eigenvalue weighted by Gasteiger charge is 2.05. The van der Waals surface area contributed by atoms with Gasteiger partial charge in [-0.15, -0.1) is 0 Å². The Hall–Kier alpha value is -0.700. The number of rotatable bonds is 6. The van der Waals surface area contributed by atoms with Crippen molar-refractivity contribution in [1.29, 1.82) is 0 Å². The van der Waals surface area contributed by atoms with E-state index in [1.165, 1.54) is 19.3 Å². The van der Waals surface area contributed by atoms with Gasteiger partial charge in [-0.2, -0.15) is 0 Å². The number of nitrogens with one attached hydrogen (secondary N) is 1. The summed E-state index contributed by atoms with van der Waals surface area (Å²) < 4.78 is 1.04. The van der Waals surface area contributed by atoms with E-state index in [0.717, 1.165) is 21.8 Å². The second kappa shape index (κ2) is 6.90. The van der Waals surface area contributed by atoms with Crippen LogP contribution in [0.2, 0.25) is 0 Å². The van der Waals surface area contributed by atoms with Crippen LogP contribution in [0.15, 0.2) is 22.7 Å². The highest BCUT2D eigenvalue weighted by Crippen LogP contribution is 2.25. The molecule has 1 aromatic carbocycles. The first-order valence-electron chi connectivity index (χ1n) is 6.30. The zero-order valence-electron chi connectivity index (χ0n) is 11.0. The fraction of sp³-hybridized carbons (Fsp3) is 0.571. The van der Waals surface area contributed by atoms with Crippen LogP contribution in [0.3, 0.4) is 0 Å². The van der Waals surface area contributed by atoms with Gasteiger partial charge in [0.15, 0.2) is 0 Å². The van der Waals surface area contributed by atoms with E-state index < -0.39 is 0 Å². The van der Waals surface area contributed by atoms with Crippen molar-refractivity contribution >= 4 is 27.3 Å². The van der Waals surface area contributed by atoms with Crippen LogP contribution in [0.1, 0.15) is 40.0 Å². The summed E-state index contributed by atoms with van der Waals surface area (Å²) in [5.41, 5.74) is 7.62. The van der Waals surface area contributed by atoms with Gasteiger partial charge >= 0.3 is 0 Å². The van der Waals surface area contributed by atoms with E-state index in [-0.39, 0.29) is 0 Å². The van der Waals surface area contributed by atoms with Gasteiger partial charge in [-0.05, 0) is 53.4 Å². The predicted molar refractivity (Wildman–Crippen MR) is 80.3 cm³/mol. The maximum atomic E-state index is 5.71. The van der Waals surface area contributed by atoms with Gasteiger partial charge in [0.05, 0.1) is 0 Å². The van der Waals surface area contributed by atoms with E-state index in [0.29, 0.717) is 6.04 Å². The summed E-state index contributed by atoms with van der Waals surface area (Å²) >= 11 is 3.52. The molecule has 96 valence electrons. The molecule has 0 aliphatic heterocycles. The normalized spacial score (nSPS) is 12.8. The first-order chi connectivity index (χ1) is 7.99. The minimum atomic E-state index is 0.494. The Kier molecular flexibility index (Phi) is 5.83. The molecule has 3 N–H and O–H groups in total. The van der Waals surface area contributed by atoms with Gasteiger partial charge in [-0.1, -0.05) is 26.7 Å². The minimum absolute atomic E-state index is 0.494. The molecule has 0 bridgehead atoms. The third kappa shape index (κ3) is 5.44. The molecule has 0 aromatic heterocycles. The number of anilines is 2. The van der Waals surface area contributed by atoms with Gasteiger partial charge in [0.2, 0.25) is 0 Å². The van der Waals surface area contributed by atoms with E-state index in [9.17, 15) is 0 Å². The van der Waals surface area contributed by atoms with Crippen LogP contribution < -0.4 is 11.1 Å². The molecule has 0 amide bonds. The number of nitrogen functional groups attached to an aromatic ring is 1. The predicted octanol–water partition coefficient (Wildman–Crippen LogP) is 4.66. The third-order valence-corrected chi connectivity index (χ3v) is 3.47. The van der Waals surface area contributed by atoms with E-state index in [4.69, 9.17) is 5.73 Å². The molecule has 0 fully saturated rings. The number of benzene rings is 1. The van der Waals surface area contributed by atoms with E-state index >= 15 is 0 Å². The summed E-state index contributed by atoms with van der Waals surface area (Å²) in [6.45, 7) is 6.77. The van der Waals surface area contributed by atoms with Crippen LogP contribution >= 0.6 is 15.9 Å². The quantitative estimate of drug-likeness (QED) is 0.750. The van der Waals surface area contributed by atoms with Crippen LogP contribution in [-0.4, -0.2) is 6.04 Å². The molecule has 0 saturated carbocycles. The Balaban J connectivity index is 2.42. The van der Waals surface area contributed by atoms with Crippen LogP contribution in [-0.2, 0) is 0 Å². The van der Waals surface area contributed by atoms with Gasteiger partial charge in [0.25, 0.3) is 0 Å². The lowest BCUT2D eigenvalue weighted by Crippen LogP contribution is -2.15. The monoisotopic (exact) mass is 298 g/mol. The van der Waals surface area contributed by atoms with Crippen molar-refractivity contribution in [3.63, 3.8) is 0 Å². The summed E-state index contributed by atoms with van der Waals surface area (Å²) in [6.07, 6.45) is 3.78. The molecular weight excluding hydrogens is 276 g/mol. The average Bonchev–Trinajstić information content (AvgIpc) is 2.21. The maximum absolute atomic E-state index is 5.71. The van der Waals surface area contributed by atoms with Crippen LogP contribution in [0, 0.1) is 5.92 Å². The van der Waals surface area contributed by atoms with Crippen molar-refractivity contribution < 1.29 is 0 Å². The molecular formula is C14H23BrN2. The van der Waals surface area contributed by atoms with Crippen LogP contribution in [0.4, 0.5) is 11.4 Å². The number of nitrogens with two attached hydrogens (primary N) is 1. The Morgan fingerprint density at radius 3 is 2.53 bits per heavy atom. The van der Waals surface area contributed by atoms with Crippen molar-refractivity contribution in [2.45, 2.75) is 46.1 Å². The van der Waals surface area contributed by atoms with Gasteiger partial charge < -0.3 is 11.1 Å². The van der Waals surface area contributed by atoms with E-state index in [2.05, 4.69) is 42.0 Å². The van der Waals surface area contributed by atoms with E-state index in [1.54, 1.807) is 0 Å². The minimum Gasteiger partial charge on any atom is -0.399 e. The fourth-order valence-corrected chi connectivity index (χ4v) is 2.33. The lowest BCUT2D eigenvalue weighted by atomic mass is 10.0. The van der Waals surface area contributed by atoms with Crippen molar-refractivity contribution in [3.8, 4) is 0 Å². The van der Waals surface area contributed by atoms with E-state index in [1.807, 2.05) is 18.2 Å². The molecule has 0 heterocycles. The van der Waals surface area contributed by atoms with Crippen molar-refractivity contribution in [2.24, 2.45) is 5.92 Å². The molecule has 1 atom stereocenters. The second-order valence-corrected chi connectivity index (χ2v) is 5.96. The van der Waals surface area contributed by atoms with Crippen LogP contribution in [0.25, 0.3) is 0 Å². The summed E-state index contributed by atoms with van der Waals surface area (Å²) in [6, 6.07) is 6.38. The SMILES string of the molecule is CC(C)CCCC(C)Nc1ccc(N)cc1Br. The highest BCUT2D eigenvalue weighted by molar-refractivity contribution is 9.10. The summed E-state index contributed by atoms with van der Waals surface area (Å²) in [4.78, 5) is 0. The molecule has 3 heteroatoms. The average molecular weight is 299 g/mol. The molecule has 0 aliphatic carbocycles. The lowest BCUT2D eigenvalue weighted by Gasteiger charge is -2.17. The topological polar surface area (TPSA) is 38.0 Å². The van der Waals surface area contributed by atoms with Crippen molar-refractivity contribution in [3.05, 3.63) is 22.7 Å². The standard InChI is InChI=1S/C14H23BrN2/c1-10(2)5-4-6-11(3)17-14-8-7-12(16)9-13(14)15/h7-11,17H,4-6,16H2,1-3H3. The molecule has 0 radical (unpaired) electrons. The fourth-order valence-electron chi connectivity index (χ4n) is 1.82. The van der Waals surface area contributed by atoms with Gasteiger partial charge in [0, 0.05) is 21.9 Å². The molecule has 0 spiro atoms. The molecule has 17 heavy (non-hydrogen) atoms. The lowest BCUT2D eigenvalue weighted by molar-refractivity contribution is 0.520. The Bertz CT molecular complexity index is 350. The molecule has 0 saturated heterocycles. The molecule has 2 nitrogen and oxygen atoms in total. The Morgan fingerprint density at radius 2 is 1.94 bits per heavy atom. The molecule has 1 aromatic rings. The van der Waals surface area contributed by atoms with Gasteiger partial charge in [-0.25, -0.2) is 0 Å². The first-order valence-corrected chi connectivity index (χ1v) is 7.10. The summed E-state index contributed by atoms with van der Waals surface area (Å²) in [7, 11) is 0. The van der Waals surface area contributed by atoms with Gasteiger partial charge in [0.1, 0.15) is 0 Å². The smallest absolute Gasteiger partial charge is 0.0488 e. The number of hydrogen-bond acceptors (Lipinski definition) is 2. The van der Waals surface area contributed by atoms with Crippen LogP contribution in [0.5, 0.6) is 0 Å². The summed E-state index contributed by atoms with van der Waals surface area (Å²) in [5, 5.41) is 3.51. The molecule has 1 rings (SSSR count). The molecule has 1 unspecified atom stereocenters. The zero-order valence-corrected chi connectivity index (χ0v) is 12.5. The third-order valence-electron chi connectivity index (χ3n) is 2.81. The maximum Gasteiger partial charge on any atom is 0.0488 e. The largest absolute Gasteiger partial charge is 0.399 e. The Morgan fingerprint density at radius 1 is 1.24 bits per heavy atom. The Labute approximate surface area is 113 Å². The second-order valence-electron chi connectivity index (χ2n) is 5.11. The van der Waals surface area contributed by atoms with Crippen molar-refractivity contribution in [1.82, 2.24) is 0 Å². The zero-order chi connectivity index (χ0) is 12.8. The van der Waals surface area contributed by atoms with Crippen molar-refractivity contribution in [2.75, 3.05) is 11.1 Å². The summed E-state index contributed by atoms with van der Waals surface area (Å²) in [5.74, 6) is 0.797. The molecule has 0 aliphatic rings. The van der Waals surface area contributed by atoms with Gasteiger partial charge in [-0.3, -0.25) is 0 Å². The number of halogens is 1.